The largest absolute Gasteiger partial charge is 0.323 e. The van der Waals surface area contributed by atoms with Gasteiger partial charge in [0.2, 0.25) is 0 Å². The molecule has 0 fully saturated rings. The van der Waals surface area contributed by atoms with Gasteiger partial charge in [-0.2, -0.15) is 10.5 Å². The van der Waals surface area contributed by atoms with Gasteiger partial charge in [-0.3, -0.25) is 9.68 Å². The smallest absolute Gasteiger partial charge is 0.177 e. The first-order valence-electron chi connectivity index (χ1n) is 8.96. The third kappa shape index (κ3) is 3.14. The Bertz CT molecular complexity index is 994. The average Bonchev–Trinajstić information content (AvgIpc) is 2.77. The van der Waals surface area contributed by atoms with E-state index in [4.69, 9.17) is 14.4 Å². The molecule has 2 heterocycles. The summed E-state index contributed by atoms with van der Waals surface area (Å²) in [7, 11) is 3.08. The van der Waals surface area contributed by atoms with E-state index >= 15 is 0 Å². The molecule has 0 bridgehead atoms. The van der Waals surface area contributed by atoms with Crippen molar-refractivity contribution in [2.45, 2.75) is 12.5 Å². The highest BCUT2D eigenvalue weighted by Crippen LogP contribution is 2.38. The molecular formula is C22H18N4O3. The summed E-state index contributed by atoms with van der Waals surface area (Å²) in [5.74, 6) is 0. The van der Waals surface area contributed by atoms with E-state index in [-0.39, 0.29) is 0 Å². The minimum atomic E-state index is -0.700. The summed E-state index contributed by atoms with van der Waals surface area (Å²) >= 11 is 0. The molecule has 4 rings (SSSR count). The number of nitriles is 2. The van der Waals surface area contributed by atoms with Crippen molar-refractivity contribution in [3.05, 3.63) is 71.8 Å². The topological polar surface area (TPSA) is 81.8 Å². The number of hydrogen-bond donors (Lipinski definition) is 0. The van der Waals surface area contributed by atoms with E-state index in [1.807, 2.05) is 48.5 Å². The van der Waals surface area contributed by atoms with Gasteiger partial charge in [0, 0.05) is 11.1 Å². The maximum Gasteiger partial charge on any atom is 0.177 e. The first-order valence-corrected chi connectivity index (χ1v) is 8.96. The number of anilines is 2. The van der Waals surface area contributed by atoms with Crippen molar-refractivity contribution < 1.29 is 14.4 Å². The van der Waals surface area contributed by atoms with Gasteiger partial charge in [0.05, 0.1) is 48.9 Å². The fraction of sp³-hybridized carbons (Fsp3) is 0.182. The Morgan fingerprint density at radius 3 is 1.52 bits per heavy atom. The number of para-hydroxylation sites is 2. The Morgan fingerprint density at radius 2 is 1.14 bits per heavy atom. The molecule has 2 aliphatic rings. The predicted molar refractivity (Wildman–Crippen MR) is 108 cm³/mol. The number of hydrogen-bond acceptors (Lipinski definition) is 7. The second-order valence-electron chi connectivity index (χ2n) is 6.35. The quantitative estimate of drug-likeness (QED) is 0.793. The highest BCUT2D eigenvalue weighted by Gasteiger charge is 2.34. The molecule has 29 heavy (non-hydrogen) atoms. The monoisotopic (exact) mass is 386 g/mol. The summed E-state index contributed by atoms with van der Waals surface area (Å²) in [5.41, 5.74) is 3.96. The van der Waals surface area contributed by atoms with Gasteiger partial charge in [0.1, 0.15) is 0 Å². The molecule has 0 N–H and O–H groups in total. The Kier molecular flexibility index (Phi) is 5.03. The highest BCUT2D eigenvalue weighted by atomic mass is 16.7. The molecule has 0 saturated heterocycles. The van der Waals surface area contributed by atoms with E-state index in [0.717, 1.165) is 22.5 Å². The molecule has 2 atom stereocenters. The van der Waals surface area contributed by atoms with Crippen molar-refractivity contribution in [2.24, 2.45) is 0 Å². The number of nitrogens with zero attached hydrogens (tertiary/aromatic N) is 4. The number of benzene rings is 2. The van der Waals surface area contributed by atoms with Crippen LogP contribution in [0.3, 0.4) is 0 Å². The van der Waals surface area contributed by atoms with Gasteiger partial charge in [-0.1, -0.05) is 36.4 Å². The summed E-state index contributed by atoms with van der Waals surface area (Å²) < 4.78 is 6.26. The normalized spacial score (nSPS) is 20.0. The molecule has 0 aliphatic carbocycles. The van der Waals surface area contributed by atoms with Gasteiger partial charge in [-0.15, -0.1) is 0 Å². The summed E-state index contributed by atoms with van der Waals surface area (Å²) in [6.07, 6.45) is 1.99. The van der Waals surface area contributed by atoms with Crippen molar-refractivity contribution in [2.75, 3.05) is 24.3 Å². The molecule has 0 saturated carbocycles. The van der Waals surface area contributed by atoms with Crippen LogP contribution in [0.5, 0.6) is 0 Å². The molecule has 0 spiro atoms. The molecule has 0 aromatic heterocycles. The van der Waals surface area contributed by atoms with Crippen LogP contribution in [-0.2, 0) is 14.4 Å². The van der Waals surface area contributed by atoms with Gasteiger partial charge in [-0.25, -0.2) is 10.1 Å². The summed E-state index contributed by atoms with van der Waals surface area (Å²) in [5, 5.41) is 22.4. The average molecular weight is 386 g/mol. The van der Waals surface area contributed by atoms with Crippen molar-refractivity contribution in [1.29, 1.82) is 10.5 Å². The van der Waals surface area contributed by atoms with Crippen LogP contribution in [0.15, 0.2) is 60.7 Å². The van der Waals surface area contributed by atoms with Crippen LogP contribution in [-0.4, -0.2) is 26.7 Å². The zero-order chi connectivity index (χ0) is 20.4. The Hall–Kier alpha value is -3.62. The molecule has 0 radical (unpaired) electrons. The fourth-order valence-corrected chi connectivity index (χ4v) is 3.59. The van der Waals surface area contributed by atoms with Crippen molar-refractivity contribution in [3.8, 4) is 12.1 Å². The minimum Gasteiger partial charge on any atom is -0.323 e. The van der Waals surface area contributed by atoms with E-state index in [1.54, 1.807) is 36.5 Å². The van der Waals surface area contributed by atoms with Crippen LogP contribution in [0.2, 0.25) is 0 Å². The number of ether oxygens (including phenoxy) is 1. The first kappa shape index (κ1) is 18.7. The Labute approximate surface area is 168 Å². The van der Waals surface area contributed by atoms with Crippen molar-refractivity contribution in [3.63, 3.8) is 0 Å². The first-order chi connectivity index (χ1) is 14.2. The highest BCUT2D eigenvalue weighted by molar-refractivity contribution is 5.88. The second-order valence-corrected chi connectivity index (χ2v) is 6.35. The molecular weight excluding hydrogens is 368 g/mol. The molecule has 2 aromatic rings. The minimum absolute atomic E-state index is 0.489. The maximum atomic E-state index is 9.61. The molecule has 2 aliphatic heterocycles. The third-order valence-corrected chi connectivity index (χ3v) is 4.86. The zero-order valence-corrected chi connectivity index (χ0v) is 15.9. The standard InChI is InChI=1S/C22H18N4O3/c1-27-25-19-9-5-3-7-17(19)15(13-23)11-21(25)29-22-12-16(14-24)18-8-4-6-10-20(18)26(22)28-2/h3-12,21-22H,1-2H3. The zero-order valence-electron chi connectivity index (χ0n) is 15.9. The number of hydroxylamine groups is 2. The lowest BCUT2D eigenvalue weighted by Gasteiger charge is -2.39. The summed E-state index contributed by atoms with van der Waals surface area (Å²) in [6, 6.07) is 19.4. The lowest BCUT2D eigenvalue weighted by atomic mass is 9.99. The molecule has 7 nitrogen and oxygen atoms in total. The van der Waals surface area contributed by atoms with E-state index in [0.29, 0.717) is 11.1 Å². The predicted octanol–water partition coefficient (Wildman–Crippen LogP) is 3.63. The number of rotatable bonds is 4. The van der Waals surface area contributed by atoms with Crippen LogP contribution < -0.4 is 10.1 Å². The lowest BCUT2D eigenvalue weighted by molar-refractivity contribution is -0.0583. The SMILES string of the molecule is CON1c2ccccc2C(C#N)=CC1OC1C=C(C#N)c2ccccc2N1OC. The Morgan fingerprint density at radius 1 is 0.724 bits per heavy atom. The van der Waals surface area contributed by atoms with Gasteiger partial charge in [0.15, 0.2) is 12.5 Å². The summed E-state index contributed by atoms with van der Waals surface area (Å²) in [4.78, 5) is 11.1. The molecule has 0 amide bonds. The van der Waals surface area contributed by atoms with E-state index < -0.39 is 12.5 Å². The number of allylic oxidation sites excluding steroid dienone is 2. The van der Waals surface area contributed by atoms with Crippen molar-refractivity contribution >= 4 is 22.5 Å². The summed E-state index contributed by atoms with van der Waals surface area (Å²) in [6.45, 7) is 0. The van der Waals surface area contributed by atoms with Crippen LogP contribution >= 0.6 is 0 Å². The third-order valence-electron chi connectivity index (χ3n) is 4.86. The van der Waals surface area contributed by atoms with Gasteiger partial charge in [0.25, 0.3) is 0 Å². The van der Waals surface area contributed by atoms with E-state index in [9.17, 15) is 10.5 Å². The van der Waals surface area contributed by atoms with Gasteiger partial charge < -0.3 is 4.74 Å². The van der Waals surface area contributed by atoms with E-state index in [2.05, 4.69) is 12.1 Å². The lowest BCUT2D eigenvalue weighted by Crippen LogP contribution is -2.46. The van der Waals surface area contributed by atoms with Crippen LogP contribution in [0.1, 0.15) is 11.1 Å². The van der Waals surface area contributed by atoms with E-state index in [1.165, 1.54) is 0 Å². The molecule has 7 heteroatoms. The van der Waals surface area contributed by atoms with Gasteiger partial charge in [-0.05, 0) is 24.3 Å². The number of fused-ring (bicyclic) bond motifs is 2. The molecule has 2 aromatic carbocycles. The van der Waals surface area contributed by atoms with Gasteiger partial charge >= 0.3 is 0 Å². The van der Waals surface area contributed by atoms with Crippen molar-refractivity contribution in [1.82, 2.24) is 0 Å². The second kappa shape index (κ2) is 7.78. The Balaban J connectivity index is 1.73. The van der Waals surface area contributed by atoms with Crippen LogP contribution in [0.25, 0.3) is 11.1 Å². The van der Waals surface area contributed by atoms with Crippen LogP contribution in [0, 0.1) is 22.7 Å². The molecule has 144 valence electrons. The molecule has 2 unspecified atom stereocenters. The fourth-order valence-electron chi connectivity index (χ4n) is 3.59. The maximum absolute atomic E-state index is 9.61. The van der Waals surface area contributed by atoms with Crippen LogP contribution in [0.4, 0.5) is 11.4 Å².